The maximum atomic E-state index is 10.5. The van der Waals surface area contributed by atoms with Crippen molar-refractivity contribution in [3.05, 3.63) is 63.9 Å². The first-order chi connectivity index (χ1) is 10.2. The highest BCUT2D eigenvalue weighted by Crippen LogP contribution is 2.19. The van der Waals surface area contributed by atoms with Crippen LogP contribution in [0.1, 0.15) is 22.9 Å². The van der Waals surface area contributed by atoms with Crippen molar-refractivity contribution >= 4 is 23.4 Å². The summed E-state index contributed by atoms with van der Waals surface area (Å²) in [6.45, 7) is 4.95. The lowest BCUT2D eigenvalue weighted by Gasteiger charge is -2.19. The van der Waals surface area contributed by atoms with Crippen LogP contribution in [0.3, 0.4) is 0 Å². The van der Waals surface area contributed by atoms with Gasteiger partial charge in [0.15, 0.2) is 0 Å². The Hall–Kier alpha value is -1.91. The third kappa shape index (κ3) is 5.17. The van der Waals surface area contributed by atoms with E-state index in [-0.39, 0.29) is 0 Å². The Bertz CT molecular complexity index is 604. The zero-order valence-electron chi connectivity index (χ0n) is 12.0. The van der Waals surface area contributed by atoms with Gasteiger partial charge in [-0.05, 0) is 35.2 Å². The van der Waals surface area contributed by atoms with E-state index in [1.807, 2.05) is 11.4 Å². The number of nitrogens with zero attached hydrogens (tertiary/aromatic N) is 1. The third-order valence-electron chi connectivity index (χ3n) is 3.17. The van der Waals surface area contributed by atoms with Gasteiger partial charge in [-0.25, -0.2) is 4.79 Å². The molecule has 0 radical (unpaired) electrons. The van der Waals surface area contributed by atoms with E-state index >= 15 is 0 Å². The standard InChI is InChI=1S/C17H19NO2S/c1-2-18(11-14-6-4-3-5-7-14)12-16-10-15(13-21-16)8-9-17(19)20/h3-10,13H,2,11-12H2,1H3,(H,19,20). The minimum atomic E-state index is -0.915. The van der Waals surface area contributed by atoms with Crippen LogP contribution in [0.5, 0.6) is 0 Å². The molecule has 0 bridgehead atoms. The van der Waals surface area contributed by atoms with Gasteiger partial charge in [-0.3, -0.25) is 4.90 Å². The molecule has 4 heteroatoms. The number of hydrogen-bond donors (Lipinski definition) is 1. The summed E-state index contributed by atoms with van der Waals surface area (Å²) in [7, 11) is 0. The van der Waals surface area contributed by atoms with Gasteiger partial charge >= 0.3 is 5.97 Å². The maximum absolute atomic E-state index is 10.5. The first-order valence-electron chi connectivity index (χ1n) is 6.92. The van der Waals surface area contributed by atoms with Crippen molar-refractivity contribution in [3.8, 4) is 0 Å². The number of aliphatic carboxylic acids is 1. The Labute approximate surface area is 129 Å². The van der Waals surface area contributed by atoms with Gasteiger partial charge in [-0.15, -0.1) is 11.3 Å². The van der Waals surface area contributed by atoms with Crippen molar-refractivity contribution in [2.45, 2.75) is 20.0 Å². The molecule has 3 nitrogen and oxygen atoms in total. The summed E-state index contributed by atoms with van der Waals surface area (Å²) in [5, 5.41) is 10.6. The minimum absolute atomic E-state index is 0.886. The van der Waals surface area contributed by atoms with Crippen molar-refractivity contribution in [1.82, 2.24) is 4.90 Å². The second kappa shape index (κ2) is 7.76. The van der Waals surface area contributed by atoms with Gasteiger partial charge in [0.25, 0.3) is 0 Å². The van der Waals surface area contributed by atoms with E-state index in [0.29, 0.717) is 0 Å². The van der Waals surface area contributed by atoms with Gasteiger partial charge in [-0.1, -0.05) is 37.3 Å². The number of benzene rings is 1. The summed E-state index contributed by atoms with van der Waals surface area (Å²) in [5.41, 5.74) is 2.26. The molecular formula is C17H19NO2S. The molecule has 0 amide bonds. The van der Waals surface area contributed by atoms with Crippen LogP contribution < -0.4 is 0 Å². The minimum Gasteiger partial charge on any atom is -0.478 e. The lowest BCUT2D eigenvalue weighted by molar-refractivity contribution is -0.131. The number of carboxylic acids is 1. The molecule has 0 fully saturated rings. The van der Waals surface area contributed by atoms with Crippen molar-refractivity contribution < 1.29 is 9.90 Å². The van der Waals surface area contributed by atoms with Crippen LogP contribution >= 0.6 is 11.3 Å². The fourth-order valence-electron chi connectivity index (χ4n) is 2.08. The SMILES string of the molecule is CCN(Cc1ccccc1)Cc1cc(C=CC(=O)O)cs1. The van der Waals surface area contributed by atoms with Crippen molar-refractivity contribution in [3.63, 3.8) is 0 Å². The van der Waals surface area contributed by atoms with E-state index in [1.165, 1.54) is 16.5 Å². The summed E-state index contributed by atoms with van der Waals surface area (Å²) in [6, 6.07) is 12.5. The average Bonchev–Trinajstić information content (AvgIpc) is 2.93. The molecule has 1 aromatic carbocycles. The van der Waals surface area contributed by atoms with Gasteiger partial charge < -0.3 is 5.11 Å². The molecule has 0 atom stereocenters. The molecule has 2 aromatic rings. The topological polar surface area (TPSA) is 40.5 Å². The highest BCUT2D eigenvalue weighted by Gasteiger charge is 2.06. The third-order valence-corrected chi connectivity index (χ3v) is 4.11. The van der Waals surface area contributed by atoms with Crippen LogP contribution in [-0.4, -0.2) is 22.5 Å². The molecule has 1 aromatic heterocycles. The molecule has 0 aliphatic heterocycles. The van der Waals surface area contributed by atoms with Crippen molar-refractivity contribution in [1.29, 1.82) is 0 Å². The Kier molecular flexibility index (Phi) is 5.72. The Morgan fingerprint density at radius 3 is 2.71 bits per heavy atom. The first-order valence-corrected chi connectivity index (χ1v) is 7.80. The summed E-state index contributed by atoms with van der Waals surface area (Å²) in [6.07, 6.45) is 2.81. The van der Waals surface area contributed by atoms with Gasteiger partial charge in [0.1, 0.15) is 0 Å². The van der Waals surface area contributed by atoms with Crippen LogP contribution in [0.15, 0.2) is 47.9 Å². The van der Waals surface area contributed by atoms with E-state index in [4.69, 9.17) is 5.11 Å². The zero-order valence-corrected chi connectivity index (χ0v) is 12.8. The van der Waals surface area contributed by atoms with E-state index in [2.05, 4.69) is 42.2 Å². The van der Waals surface area contributed by atoms with Crippen LogP contribution in [0.2, 0.25) is 0 Å². The largest absolute Gasteiger partial charge is 0.478 e. The smallest absolute Gasteiger partial charge is 0.328 e. The van der Waals surface area contributed by atoms with Gasteiger partial charge in [0.2, 0.25) is 0 Å². The number of thiophene rings is 1. The van der Waals surface area contributed by atoms with Crippen LogP contribution in [0.25, 0.3) is 6.08 Å². The Morgan fingerprint density at radius 1 is 1.29 bits per heavy atom. The molecule has 0 unspecified atom stereocenters. The lowest BCUT2D eigenvalue weighted by atomic mass is 10.2. The maximum Gasteiger partial charge on any atom is 0.328 e. The average molecular weight is 301 g/mol. The molecule has 1 N–H and O–H groups in total. The summed E-state index contributed by atoms with van der Waals surface area (Å²) >= 11 is 1.67. The zero-order chi connectivity index (χ0) is 15.1. The molecule has 1 heterocycles. The first kappa shape index (κ1) is 15.5. The quantitative estimate of drug-likeness (QED) is 0.789. The molecule has 110 valence electrons. The fourth-order valence-corrected chi connectivity index (χ4v) is 2.97. The molecule has 0 aliphatic rings. The Balaban J connectivity index is 1.97. The molecule has 0 aliphatic carbocycles. The second-order valence-electron chi connectivity index (χ2n) is 4.81. The molecule has 0 saturated carbocycles. The van der Waals surface area contributed by atoms with Gasteiger partial charge in [0, 0.05) is 24.0 Å². The highest BCUT2D eigenvalue weighted by molar-refractivity contribution is 7.10. The van der Waals surface area contributed by atoms with Crippen LogP contribution in [0, 0.1) is 0 Å². The van der Waals surface area contributed by atoms with Gasteiger partial charge in [-0.2, -0.15) is 0 Å². The second-order valence-corrected chi connectivity index (χ2v) is 5.80. The molecule has 0 spiro atoms. The lowest BCUT2D eigenvalue weighted by Crippen LogP contribution is -2.21. The van der Waals surface area contributed by atoms with E-state index in [0.717, 1.165) is 25.2 Å². The van der Waals surface area contributed by atoms with Crippen molar-refractivity contribution in [2.75, 3.05) is 6.54 Å². The normalized spacial score (nSPS) is 11.3. The predicted molar refractivity (Wildman–Crippen MR) is 87.2 cm³/mol. The monoisotopic (exact) mass is 301 g/mol. The molecule has 21 heavy (non-hydrogen) atoms. The number of carbonyl (C=O) groups is 1. The number of hydrogen-bond acceptors (Lipinski definition) is 3. The fraction of sp³-hybridized carbons (Fsp3) is 0.235. The number of rotatable bonds is 7. The van der Waals surface area contributed by atoms with Crippen molar-refractivity contribution in [2.24, 2.45) is 0 Å². The van der Waals surface area contributed by atoms with E-state index in [1.54, 1.807) is 17.4 Å². The van der Waals surface area contributed by atoms with Gasteiger partial charge in [0.05, 0.1) is 0 Å². The summed E-state index contributed by atoms with van der Waals surface area (Å²) in [4.78, 5) is 14.1. The van der Waals surface area contributed by atoms with E-state index in [9.17, 15) is 4.79 Å². The number of carboxylic acid groups (broad SMARTS) is 1. The predicted octanol–water partition coefficient (Wildman–Crippen LogP) is 3.87. The Morgan fingerprint density at radius 2 is 2.05 bits per heavy atom. The van der Waals surface area contributed by atoms with E-state index < -0.39 is 5.97 Å². The molecular weight excluding hydrogens is 282 g/mol. The summed E-state index contributed by atoms with van der Waals surface area (Å²) in [5.74, 6) is -0.915. The molecule has 2 rings (SSSR count). The highest BCUT2D eigenvalue weighted by atomic mass is 32.1. The van der Waals surface area contributed by atoms with Crippen LogP contribution in [-0.2, 0) is 17.9 Å². The summed E-state index contributed by atoms with van der Waals surface area (Å²) < 4.78 is 0. The van der Waals surface area contributed by atoms with Crippen LogP contribution in [0.4, 0.5) is 0 Å². The molecule has 0 saturated heterocycles.